The largest absolute Gasteiger partial charge is 0.497 e. The van der Waals surface area contributed by atoms with Crippen LogP contribution < -0.4 is 14.2 Å². The highest BCUT2D eigenvalue weighted by Crippen LogP contribution is 2.36. The molecular weight excluding hydrogens is 318 g/mol. The van der Waals surface area contributed by atoms with E-state index in [-0.39, 0.29) is 11.9 Å². The monoisotopic (exact) mass is 341 g/mol. The molecule has 1 aliphatic rings. The number of benzene rings is 2. The van der Waals surface area contributed by atoms with E-state index in [0.29, 0.717) is 23.6 Å². The second-order valence-electron chi connectivity index (χ2n) is 6.03. The first-order valence-corrected chi connectivity index (χ1v) is 8.29. The summed E-state index contributed by atoms with van der Waals surface area (Å²) >= 11 is 0. The first-order valence-electron chi connectivity index (χ1n) is 8.29. The molecule has 1 aliphatic heterocycles. The molecule has 0 N–H and O–H groups in total. The zero-order valence-electron chi connectivity index (χ0n) is 15.0. The molecule has 0 radical (unpaired) electrons. The molecular formula is C20H23NO4. The SMILES string of the molecule is COc1ccc2c(c1)C(C)N(C(=O)c1c(OC)cccc1OC)CC2. The van der Waals surface area contributed by atoms with Gasteiger partial charge in [-0.2, -0.15) is 0 Å². The summed E-state index contributed by atoms with van der Waals surface area (Å²) in [7, 11) is 4.77. The summed E-state index contributed by atoms with van der Waals surface area (Å²) in [6, 6.07) is 11.4. The number of nitrogens with zero attached hydrogens (tertiary/aromatic N) is 1. The third kappa shape index (κ3) is 3.02. The summed E-state index contributed by atoms with van der Waals surface area (Å²) in [6.45, 7) is 2.69. The van der Waals surface area contributed by atoms with E-state index in [1.807, 2.05) is 30.0 Å². The molecule has 1 heterocycles. The molecule has 0 fully saturated rings. The van der Waals surface area contributed by atoms with E-state index in [9.17, 15) is 4.79 Å². The lowest BCUT2D eigenvalue weighted by atomic mass is 9.92. The van der Waals surface area contributed by atoms with Gasteiger partial charge in [-0.05, 0) is 48.7 Å². The summed E-state index contributed by atoms with van der Waals surface area (Å²) in [5, 5.41) is 0. The summed E-state index contributed by atoms with van der Waals surface area (Å²) in [5.74, 6) is 1.76. The van der Waals surface area contributed by atoms with Crippen molar-refractivity contribution in [3.05, 3.63) is 53.1 Å². The molecule has 3 rings (SSSR count). The fourth-order valence-electron chi connectivity index (χ4n) is 3.40. The Kier molecular flexibility index (Phi) is 4.83. The smallest absolute Gasteiger partial charge is 0.261 e. The number of carbonyl (C=O) groups excluding carboxylic acids is 1. The molecule has 0 saturated heterocycles. The van der Waals surface area contributed by atoms with Gasteiger partial charge < -0.3 is 19.1 Å². The lowest BCUT2D eigenvalue weighted by Gasteiger charge is -2.36. The summed E-state index contributed by atoms with van der Waals surface area (Å²) in [5.41, 5.74) is 2.84. The lowest BCUT2D eigenvalue weighted by molar-refractivity contribution is 0.0670. The Morgan fingerprint density at radius 2 is 1.72 bits per heavy atom. The predicted molar refractivity (Wildman–Crippen MR) is 95.7 cm³/mol. The first kappa shape index (κ1) is 17.1. The molecule has 5 nitrogen and oxygen atoms in total. The van der Waals surface area contributed by atoms with Gasteiger partial charge in [0, 0.05) is 6.54 Å². The summed E-state index contributed by atoms with van der Waals surface area (Å²) in [4.78, 5) is 15.1. The second kappa shape index (κ2) is 7.05. The van der Waals surface area contributed by atoms with Crippen LogP contribution in [0.1, 0.15) is 34.5 Å². The van der Waals surface area contributed by atoms with Gasteiger partial charge in [-0.25, -0.2) is 0 Å². The average molecular weight is 341 g/mol. The van der Waals surface area contributed by atoms with E-state index in [0.717, 1.165) is 17.7 Å². The van der Waals surface area contributed by atoms with Crippen molar-refractivity contribution in [1.29, 1.82) is 0 Å². The van der Waals surface area contributed by atoms with Gasteiger partial charge in [0.25, 0.3) is 5.91 Å². The molecule has 0 bridgehead atoms. The Hall–Kier alpha value is -2.69. The quantitative estimate of drug-likeness (QED) is 0.854. The van der Waals surface area contributed by atoms with Crippen molar-refractivity contribution in [2.45, 2.75) is 19.4 Å². The highest BCUT2D eigenvalue weighted by Gasteiger charge is 2.31. The topological polar surface area (TPSA) is 48.0 Å². The Labute approximate surface area is 148 Å². The van der Waals surface area contributed by atoms with Gasteiger partial charge in [0.1, 0.15) is 22.8 Å². The number of hydrogen-bond donors (Lipinski definition) is 0. The van der Waals surface area contributed by atoms with Gasteiger partial charge in [0.05, 0.1) is 27.4 Å². The second-order valence-corrected chi connectivity index (χ2v) is 6.03. The minimum Gasteiger partial charge on any atom is -0.497 e. The molecule has 5 heteroatoms. The Bertz CT molecular complexity index is 765. The third-order valence-electron chi connectivity index (χ3n) is 4.80. The molecule has 0 aliphatic carbocycles. The molecule has 132 valence electrons. The van der Waals surface area contributed by atoms with Crippen LogP contribution in [0.5, 0.6) is 17.2 Å². The maximum atomic E-state index is 13.3. The van der Waals surface area contributed by atoms with Crippen LogP contribution in [0.15, 0.2) is 36.4 Å². The maximum absolute atomic E-state index is 13.3. The van der Waals surface area contributed by atoms with Crippen LogP contribution in [0.3, 0.4) is 0 Å². The van der Waals surface area contributed by atoms with Crippen molar-refractivity contribution in [3.8, 4) is 17.2 Å². The molecule has 1 atom stereocenters. The van der Waals surface area contributed by atoms with Gasteiger partial charge in [-0.3, -0.25) is 4.79 Å². The van der Waals surface area contributed by atoms with Gasteiger partial charge in [0.2, 0.25) is 0 Å². The minimum absolute atomic E-state index is 0.0547. The van der Waals surface area contributed by atoms with Gasteiger partial charge in [-0.15, -0.1) is 0 Å². The molecule has 0 aromatic heterocycles. The van der Waals surface area contributed by atoms with Gasteiger partial charge >= 0.3 is 0 Å². The van der Waals surface area contributed by atoms with Crippen molar-refractivity contribution < 1.29 is 19.0 Å². The van der Waals surface area contributed by atoms with Crippen LogP contribution in [0.25, 0.3) is 0 Å². The van der Waals surface area contributed by atoms with E-state index < -0.39 is 0 Å². The number of carbonyl (C=O) groups is 1. The Balaban J connectivity index is 1.99. The third-order valence-corrected chi connectivity index (χ3v) is 4.80. The van der Waals surface area contributed by atoms with Crippen molar-refractivity contribution in [2.75, 3.05) is 27.9 Å². The molecule has 2 aromatic rings. The van der Waals surface area contributed by atoms with Gasteiger partial charge in [0.15, 0.2) is 0 Å². The number of ether oxygens (including phenoxy) is 3. The number of methoxy groups -OCH3 is 3. The normalized spacial score (nSPS) is 16.2. The van der Waals surface area contributed by atoms with Crippen LogP contribution in [0, 0.1) is 0 Å². The number of fused-ring (bicyclic) bond motifs is 1. The fraction of sp³-hybridized carbons (Fsp3) is 0.350. The van der Waals surface area contributed by atoms with Crippen LogP contribution in [-0.2, 0) is 6.42 Å². The maximum Gasteiger partial charge on any atom is 0.261 e. The molecule has 0 saturated carbocycles. The lowest BCUT2D eigenvalue weighted by Crippen LogP contribution is -2.39. The zero-order chi connectivity index (χ0) is 18.0. The van der Waals surface area contributed by atoms with Crippen molar-refractivity contribution >= 4 is 5.91 Å². The number of rotatable bonds is 4. The van der Waals surface area contributed by atoms with Crippen LogP contribution in [-0.4, -0.2) is 38.7 Å². The Morgan fingerprint density at radius 1 is 1.04 bits per heavy atom. The van der Waals surface area contributed by atoms with E-state index in [1.54, 1.807) is 33.5 Å². The number of hydrogen-bond acceptors (Lipinski definition) is 4. The average Bonchev–Trinajstić information content (AvgIpc) is 2.66. The van der Waals surface area contributed by atoms with E-state index >= 15 is 0 Å². The zero-order valence-corrected chi connectivity index (χ0v) is 15.0. The molecule has 25 heavy (non-hydrogen) atoms. The highest BCUT2D eigenvalue weighted by molar-refractivity contribution is 6.00. The Morgan fingerprint density at radius 3 is 2.32 bits per heavy atom. The molecule has 2 aromatic carbocycles. The van der Waals surface area contributed by atoms with Gasteiger partial charge in [-0.1, -0.05) is 12.1 Å². The molecule has 1 unspecified atom stereocenters. The molecule has 0 spiro atoms. The van der Waals surface area contributed by atoms with Crippen LogP contribution in [0.2, 0.25) is 0 Å². The van der Waals surface area contributed by atoms with Crippen molar-refractivity contribution in [3.63, 3.8) is 0 Å². The predicted octanol–water partition coefficient (Wildman–Crippen LogP) is 3.47. The fourth-order valence-corrected chi connectivity index (χ4v) is 3.40. The summed E-state index contributed by atoms with van der Waals surface area (Å²) < 4.78 is 16.1. The van der Waals surface area contributed by atoms with Crippen LogP contribution >= 0.6 is 0 Å². The van der Waals surface area contributed by atoms with Crippen molar-refractivity contribution in [2.24, 2.45) is 0 Å². The number of amides is 1. The highest BCUT2D eigenvalue weighted by atomic mass is 16.5. The van der Waals surface area contributed by atoms with Crippen LogP contribution in [0.4, 0.5) is 0 Å². The van der Waals surface area contributed by atoms with Crippen molar-refractivity contribution in [1.82, 2.24) is 4.90 Å². The first-order chi connectivity index (χ1) is 12.1. The van der Waals surface area contributed by atoms with E-state index in [1.165, 1.54) is 5.56 Å². The van der Waals surface area contributed by atoms with E-state index in [4.69, 9.17) is 14.2 Å². The summed E-state index contributed by atoms with van der Waals surface area (Å²) in [6.07, 6.45) is 0.812. The molecule has 1 amide bonds. The standard InChI is InChI=1S/C20H23NO4/c1-13-16-12-15(23-2)9-8-14(16)10-11-21(13)20(22)19-17(24-3)6-5-7-18(19)25-4/h5-9,12-13H,10-11H2,1-4H3. The van der Waals surface area contributed by atoms with E-state index in [2.05, 4.69) is 6.07 Å². The minimum atomic E-state index is -0.0877.